The Bertz CT molecular complexity index is 1240. The molecule has 196 valence electrons. The molecule has 1 aromatic heterocycles. The fourth-order valence-electron chi connectivity index (χ4n) is 5.88. The second kappa shape index (κ2) is 11.5. The highest BCUT2D eigenvalue weighted by atomic mass is 15.3. The summed E-state index contributed by atoms with van der Waals surface area (Å²) in [6.45, 7) is 14.7. The van der Waals surface area contributed by atoms with Crippen molar-refractivity contribution in [2.24, 2.45) is 4.99 Å². The van der Waals surface area contributed by atoms with Crippen molar-refractivity contribution in [2.75, 3.05) is 44.6 Å². The van der Waals surface area contributed by atoms with Crippen molar-refractivity contribution in [2.45, 2.75) is 58.4 Å². The van der Waals surface area contributed by atoms with Crippen LogP contribution < -0.4 is 5.32 Å². The Morgan fingerprint density at radius 3 is 2.78 bits per heavy atom. The van der Waals surface area contributed by atoms with Gasteiger partial charge in [0, 0.05) is 37.6 Å². The molecule has 0 unspecified atom stereocenters. The number of rotatable bonds is 7. The average Bonchev–Trinajstić information content (AvgIpc) is 3.46. The van der Waals surface area contributed by atoms with E-state index in [1.165, 1.54) is 31.5 Å². The van der Waals surface area contributed by atoms with Gasteiger partial charge in [-0.05, 0) is 94.8 Å². The molecule has 1 aromatic carbocycles. The summed E-state index contributed by atoms with van der Waals surface area (Å²) in [7, 11) is 0. The second-order valence-corrected chi connectivity index (χ2v) is 10.7. The standard InChI is InChI=1S/C30H41N7/c1-22-10-8-13-27-28(22)37(30(33-27)34-29(31)25-14-15-32-23(2)20-25)26-12-4-5-19-36(21-26)24(3)11-9-18-35-16-6-7-17-35/h8-11,13,20,26H,3-7,12,14-19,21H2,1-2H3,(H2,31,33,34)/b11-9+/t26-/m1/s1. The molecule has 0 amide bonds. The van der Waals surface area contributed by atoms with Crippen LogP contribution in [0.4, 0.5) is 5.95 Å². The van der Waals surface area contributed by atoms with E-state index >= 15 is 0 Å². The fraction of sp³-hybridized carbons (Fsp3) is 0.500. The van der Waals surface area contributed by atoms with Gasteiger partial charge in [0.2, 0.25) is 5.95 Å². The fourth-order valence-corrected chi connectivity index (χ4v) is 5.88. The van der Waals surface area contributed by atoms with Gasteiger partial charge in [-0.3, -0.25) is 15.3 Å². The normalized spacial score (nSPS) is 21.2. The zero-order valence-electron chi connectivity index (χ0n) is 22.5. The van der Waals surface area contributed by atoms with E-state index in [2.05, 4.69) is 68.5 Å². The number of aryl methyl sites for hydroxylation is 1. The number of fused-ring (bicyclic) bond motifs is 1. The Morgan fingerprint density at radius 2 is 1.97 bits per heavy atom. The molecule has 3 aliphatic heterocycles. The van der Waals surface area contributed by atoms with E-state index in [1.54, 1.807) is 0 Å². The van der Waals surface area contributed by atoms with Crippen LogP contribution in [0, 0.1) is 12.3 Å². The van der Waals surface area contributed by atoms with Gasteiger partial charge in [-0.1, -0.05) is 24.8 Å². The summed E-state index contributed by atoms with van der Waals surface area (Å²) in [6, 6.07) is 6.56. The summed E-state index contributed by atoms with van der Waals surface area (Å²) >= 11 is 0. The van der Waals surface area contributed by atoms with E-state index in [4.69, 9.17) is 10.4 Å². The largest absolute Gasteiger partial charge is 0.370 e. The van der Waals surface area contributed by atoms with Gasteiger partial charge in [-0.2, -0.15) is 0 Å². The first-order chi connectivity index (χ1) is 18.0. The summed E-state index contributed by atoms with van der Waals surface area (Å²) < 4.78 is 2.36. The Hall–Kier alpha value is -3.19. The number of hydrogen-bond acceptors (Lipinski definition) is 5. The van der Waals surface area contributed by atoms with Crippen LogP contribution in [0.3, 0.4) is 0 Å². The number of imidazole rings is 1. The number of nitrogens with one attached hydrogen (secondary N) is 2. The van der Waals surface area contributed by atoms with Crippen molar-refractivity contribution in [1.82, 2.24) is 19.4 Å². The van der Waals surface area contributed by atoms with E-state index in [0.717, 1.165) is 85.8 Å². The maximum Gasteiger partial charge on any atom is 0.209 e. The SMILES string of the molecule is C=C(/C=C/CN1CCCC1)N1CCCC[C@@H](n2c(NC(=N)C3=CC(C)=NCC3)nc3cccc(C)c32)C1. The number of likely N-dealkylation sites (tertiary alicyclic amines) is 2. The van der Waals surface area contributed by atoms with E-state index in [-0.39, 0.29) is 6.04 Å². The number of aromatic nitrogens is 2. The predicted molar refractivity (Wildman–Crippen MR) is 155 cm³/mol. The molecule has 37 heavy (non-hydrogen) atoms. The highest BCUT2D eigenvalue weighted by molar-refractivity contribution is 6.10. The van der Waals surface area contributed by atoms with Gasteiger partial charge in [-0.25, -0.2) is 4.98 Å². The zero-order valence-corrected chi connectivity index (χ0v) is 22.5. The molecule has 4 heterocycles. The lowest BCUT2D eigenvalue weighted by Crippen LogP contribution is -2.30. The first kappa shape index (κ1) is 25.5. The van der Waals surface area contributed by atoms with Crippen LogP contribution in [0.2, 0.25) is 0 Å². The number of amidine groups is 1. The highest BCUT2D eigenvalue weighted by Gasteiger charge is 2.26. The number of benzene rings is 1. The molecule has 1 atom stereocenters. The number of hydrogen-bond donors (Lipinski definition) is 2. The van der Waals surface area contributed by atoms with Gasteiger partial charge in [0.15, 0.2) is 0 Å². The van der Waals surface area contributed by atoms with Crippen LogP contribution >= 0.6 is 0 Å². The topological polar surface area (TPSA) is 72.5 Å². The summed E-state index contributed by atoms with van der Waals surface area (Å²) in [5.74, 6) is 1.18. The minimum absolute atomic E-state index is 0.247. The molecule has 2 aromatic rings. The summed E-state index contributed by atoms with van der Waals surface area (Å²) in [6.07, 6.45) is 13.3. The zero-order chi connectivity index (χ0) is 25.8. The Kier molecular flexibility index (Phi) is 7.89. The second-order valence-electron chi connectivity index (χ2n) is 10.7. The van der Waals surface area contributed by atoms with Gasteiger partial charge >= 0.3 is 0 Å². The number of dihydropyridines is 1. The van der Waals surface area contributed by atoms with Crippen LogP contribution in [0.25, 0.3) is 11.0 Å². The molecule has 3 aliphatic rings. The lowest BCUT2D eigenvalue weighted by atomic mass is 10.1. The third kappa shape index (κ3) is 5.87. The molecule has 2 fully saturated rings. The smallest absolute Gasteiger partial charge is 0.209 e. The van der Waals surface area contributed by atoms with E-state index in [9.17, 15) is 0 Å². The molecule has 7 heteroatoms. The van der Waals surface area contributed by atoms with Crippen LogP contribution in [-0.2, 0) is 0 Å². The maximum atomic E-state index is 8.82. The van der Waals surface area contributed by atoms with Crippen LogP contribution in [0.5, 0.6) is 0 Å². The van der Waals surface area contributed by atoms with Crippen molar-refractivity contribution in [3.05, 3.63) is 59.8 Å². The van der Waals surface area contributed by atoms with Gasteiger partial charge in [-0.15, -0.1) is 0 Å². The minimum atomic E-state index is 0.247. The number of allylic oxidation sites excluding steroid dienone is 2. The van der Waals surface area contributed by atoms with Gasteiger partial charge in [0.1, 0.15) is 5.84 Å². The quantitative estimate of drug-likeness (QED) is 0.290. The van der Waals surface area contributed by atoms with Crippen LogP contribution in [0.1, 0.15) is 57.1 Å². The lowest BCUT2D eigenvalue weighted by molar-refractivity contribution is 0.318. The Morgan fingerprint density at radius 1 is 1.16 bits per heavy atom. The summed E-state index contributed by atoms with van der Waals surface area (Å²) in [5, 5.41) is 12.2. The Labute approximate surface area is 221 Å². The van der Waals surface area contributed by atoms with E-state index < -0.39 is 0 Å². The first-order valence-corrected chi connectivity index (χ1v) is 13.9. The molecular weight excluding hydrogens is 458 g/mol. The van der Waals surface area contributed by atoms with Crippen molar-refractivity contribution in [3.8, 4) is 0 Å². The molecule has 2 N–H and O–H groups in total. The number of aliphatic imine (C=N–C) groups is 1. The maximum absolute atomic E-state index is 8.82. The number of nitrogens with zero attached hydrogens (tertiary/aromatic N) is 5. The van der Waals surface area contributed by atoms with Gasteiger partial charge in [0.25, 0.3) is 0 Å². The molecule has 0 radical (unpaired) electrons. The molecule has 5 rings (SSSR count). The third-order valence-corrected chi connectivity index (χ3v) is 7.89. The molecule has 0 aliphatic carbocycles. The summed E-state index contributed by atoms with van der Waals surface area (Å²) in [4.78, 5) is 14.4. The first-order valence-electron chi connectivity index (χ1n) is 13.9. The summed E-state index contributed by atoms with van der Waals surface area (Å²) in [5.41, 5.74) is 6.41. The lowest BCUT2D eigenvalue weighted by Gasteiger charge is -2.29. The van der Waals surface area contributed by atoms with Gasteiger partial charge in [0.05, 0.1) is 17.1 Å². The van der Waals surface area contributed by atoms with Crippen LogP contribution in [-0.4, -0.2) is 70.2 Å². The van der Waals surface area contributed by atoms with Crippen molar-refractivity contribution in [3.63, 3.8) is 0 Å². The molecule has 0 spiro atoms. The number of anilines is 1. The van der Waals surface area contributed by atoms with E-state index in [1.807, 2.05) is 13.0 Å². The van der Waals surface area contributed by atoms with E-state index in [0.29, 0.717) is 5.84 Å². The Balaban J connectivity index is 1.40. The van der Waals surface area contributed by atoms with Crippen LogP contribution in [0.15, 0.2) is 59.3 Å². The molecule has 2 saturated heterocycles. The predicted octanol–water partition coefficient (Wildman–Crippen LogP) is 5.72. The minimum Gasteiger partial charge on any atom is -0.370 e. The number of para-hydroxylation sites is 1. The van der Waals surface area contributed by atoms with Crippen molar-refractivity contribution >= 4 is 28.5 Å². The third-order valence-electron chi connectivity index (χ3n) is 7.89. The van der Waals surface area contributed by atoms with Crippen molar-refractivity contribution < 1.29 is 0 Å². The molecule has 7 nitrogen and oxygen atoms in total. The average molecular weight is 500 g/mol. The molecule has 0 bridgehead atoms. The monoisotopic (exact) mass is 499 g/mol. The highest BCUT2D eigenvalue weighted by Crippen LogP contribution is 2.33. The molecule has 0 saturated carbocycles. The van der Waals surface area contributed by atoms with Crippen molar-refractivity contribution in [1.29, 1.82) is 5.41 Å². The molecular formula is C30H41N7. The van der Waals surface area contributed by atoms with Gasteiger partial charge < -0.3 is 14.8 Å².